The van der Waals surface area contributed by atoms with E-state index in [2.05, 4.69) is 9.72 Å². The predicted octanol–water partition coefficient (Wildman–Crippen LogP) is 0.978. The summed E-state index contributed by atoms with van der Waals surface area (Å²) in [5.74, 6) is -0.139. The highest BCUT2D eigenvalue weighted by Gasteiger charge is 2.09. The summed E-state index contributed by atoms with van der Waals surface area (Å²) < 4.78 is 4.53. The van der Waals surface area contributed by atoms with Crippen LogP contribution in [0.15, 0.2) is 12.1 Å². The van der Waals surface area contributed by atoms with Crippen LogP contribution in [0.25, 0.3) is 0 Å². The molecular formula is C8H10N2O3. The first-order chi connectivity index (χ1) is 6.19. The molecule has 0 saturated carbocycles. The molecular weight excluding hydrogens is 172 g/mol. The molecule has 0 aliphatic carbocycles. The second-order valence-electron chi connectivity index (χ2n) is 2.43. The van der Waals surface area contributed by atoms with Crippen molar-refractivity contribution < 1.29 is 14.7 Å². The topological polar surface area (TPSA) is 71.5 Å². The highest BCUT2D eigenvalue weighted by Crippen LogP contribution is 2.10. The molecule has 1 heterocycles. The van der Waals surface area contributed by atoms with E-state index in [1.807, 2.05) is 5.48 Å². The summed E-state index contributed by atoms with van der Waals surface area (Å²) in [6, 6.07) is 3.02. The highest BCUT2D eigenvalue weighted by atomic mass is 16.5. The summed E-state index contributed by atoms with van der Waals surface area (Å²) in [5, 5.41) is 8.52. The van der Waals surface area contributed by atoms with Crippen LogP contribution in [0.4, 0.5) is 5.82 Å². The van der Waals surface area contributed by atoms with Crippen molar-refractivity contribution in [1.29, 1.82) is 0 Å². The molecule has 13 heavy (non-hydrogen) atoms. The van der Waals surface area contributed by atoms with Crippen LogP contribution in [0.1, 0.15) is 16.1 Å². The third-order valence-corrected chi connectivity index (χ3v) is 1.61. The Hall–Kier alpha value is -1.62. The van der Waals surface area contributed by atoms with Crippen molar-refractivity contribution in [2.24, 2.45) is 0 Å². The Bertz CT molecular complexity index is 325. The van der Waals surface area contributed by atoms with Crippen LogP contribution in [-0.2, 0) is 4.74 Å². The lowest BCUT2D eigenvalue weighted by molar-refractivity contribution is 0.0599. The van der Waals surface area contributed by atoms with Crippen molar-refractivity contribution in [3.8, 4) is 0 Å². The molecule has 0 fully saturated rings. The standard InChI is InChI=1S/C8H10N2O3/c1-5-6(8(11)13-2)3-4-7(9-5)10-12/h3-4,12H,1-2H3,(H,9,10). The fourth-order valence-corrected chi connectivity index (χ4v) is 0.949. The van der Waals surface area contributed by atoms with E-state index in [0.717, 1.165) is 0 Å². The largest absolute Gasteiger partial charge is 0.465 e. The molecule has 0 saturated heterocycles. The van der Waals surface area contributed by atoms with Crippen molar-refractivity contribution in [2.45, 2.75) is 6.92 Å². The third-order valence-electron chi connectivity index (χ3n) is 1.61. The number of ether oxygens (including phenoxy) is 1. The van der Waals surface area contributed by atoms with E-state index in [4.69, 9.17) is 5.21 Å². The summed E-state index contributed by atoms with van der Waals surface area (Å²) in [6.07, 6.45) is 0. The molecule has 5 heteroatoms. The lowest BCUT2D eigenvalue weighted by atomic mass is 10.2. The summed E-state index contributed by atoms with van der Waals surface area (Å²) in [7, 11) is 1.31. The number of anilines is 1. The first-order valence-electron chi connectivity index (χ1n) is 3.65. The van der Waals surface area contributed by atoms with Gasteiger partial charge in [-0.2, -0.15) is 0 Å². The SMILES string of the molecule is COC(=O)c1ccc(NO)nc1C. The Labute approximate surface area is 75.3 Å². The molecule has 2 N–H and O–H groups in total. The van der Waals surface area contributed by atoms with Gasteiger partial charge in [0, 0.05) is 0 Å². The minimum Gasteiger partial charge on any atom is -0.465 e. The van der Waals surface area contributed by atoms with Gasteiger partial charge in [0.2, 0.25) is 0 Å². The van der Waals surface area contributed by atoms with Crippen LogP contribution in [0, 0.1) is 6.92 Å². The van der Waals surface area contributed by atoms with Crippen LogP contribution in [0.3, 0.4) is 0 Å². The Morgan fingerprint density at radius 1 is 1.62 bits per heavy atom. The van der Waals surface area contributed by atoms with Gasteiger partial charge in [0.15, 0.2) is 0 Å². The van der Waals surface area contributed by atoms with Crippen molar-refractivity contribution >= 4 is 11.8 Å². The maximum Gasteiger partial charge on any atom is 0.339 e. The van der Waals surface area contributed by atoms with Crippen molar-refractivity contribution in [2.75, 3.05) is 12.6 Å². The van der Waals surface area contributed by atoms with Gasteiger partial charge < -0.3 is 4.74 Å². The molecule has 0 atom stereocenters. The zero-order valence-electron chi connectivity index (χ0n) is 7.37. The quantitative estimate of drug-likeness (QED) is 0.527. The summed E-state index contributed by atoms with van der Waals surface area (Å²) in [6.45, 7) is 1.66. The zero-order chi connectivity index (χ0) is 9.84. The molecule has 5 nitrogen and oxygen atoms in total. The van der Waals surface area contributed by atoms with E-state index < -0.39 is 5.97 Å². The lowest BCUT2D eigenvalue weighted by Crippen LogP contribution is -2.06. The normalized spacial score (nSPS) is 9.46. The van der Waals surface area contributed by atoms with E-state index >= 15 is 0 Å². The molecule has 0 aromatic carbocycles. The fourth-order valence-electron chi connectivity index (χ4n) is 0.949. The van der Waals surface area contributed by atoms with Gasteiger partial charge in [0.25, 0.3) is 0 Å². The van der Waals surface area contributed by atoms with Gasteiger partial charge in [0.1, 0.15) is 5.82 Å². The molecule has 0 spiro atoms. The van der Waals surface area contributed by atoms with Crippen molar-refractivity contribution in [1.82, 2.24) is 4.98 Å². The number of aromatic nitrogens is 1. The van der Waals surface area contributed by atoms with Gasteiger partial charge >= 0.3 is 5.97 Å². The monoisotopic (exact) mass is 182 g/mol. The number of aryl methyl sites for hydroxylation is 1. The second kappa shape index (κ2) is 3.86. The van der Waals surface area contributed by atoms with Crippen LogP contribution >= 0.6 is 0 Å². The van der Waals surface area contributed by atoms with E-state index in [1.165, 1.54) is 19.2 Å². The third kappa shape index (κ3) is 1.94. The highest BCUT2D eigenvalue weighted by molar-refractivity contribution is 5.90. The number of nitrogens with one attached hydrogen (secondary N) is 1. The molecule has 1 aromatic heterocycles. The number of carbonyl (C=O) groups excluding carboxylic acids is 1. The van der Waals surface area contributed by atoms with E-state index in [9.17, 15) is 4.79 Å². The number of esters is 1. The van der Waals surface area contributed by atoms with Gasteiger partial charge in [-0.15, -0.1) is 0 Å². The molecule has 1 rings (SSSR count). The molecule has 0 aliphatic heterocycles. The number of pyridine rings is 1. The van der Waals surface area contributed by atoms with Crippen LogP contribution < -0.4 is 5.48 Å². The molecule has 0 aliphatic rings. The average molecular weight is 182 g/mol. The number of methoxy groups -OCH3 is 1. The Morgan fingerprint density at radius 2 is 2.31 bits per heavy atom. The van der Waals surface area contributed by atoms with Gasteiger partial charge in [-0.1, -0.05) is 0 Å². The molecule has 0 amide bonds. The van der Waals surface area contributed by atoms with Crippen LogP contribution in [0.5, 0.6) is 0 Å². The zero-order valence-corrected chi connectivity index (χ0v) is 7.37. The Balaban J connectivity index is 3.05. The van der Waals surface area contributed by atoms with E-state index in [-0.39, 0.29) is 0 Å². The minimum absolute atomic E-state index is 0.296. The van der Waals surface area contributed by atoms with Crippen LogP contribution in [0.2, 0.25) is 0 Å². The van der Waals surface area contributed by atoms with Crippen LogP contribution in [-0.4, -0.2) is 23.3 Å². The molecule has 70 valence electrons. The minimum atomic E-state index is -0.436. The number of rotatable bonds is 2. The predicted molar refractivity (Wildman–Crippen MR) is 45.7 cm³/mol. The van der Waals surface area contributed by atoms with Gasteiger partial charge in [-0.05, 0) is 19.1 Å². The molecule has 0 radical (unpaired) electrons. The first-order valence-corrected chi connectivity index (χ1v) is 3.65. The van der Waals surface area contributed by atoms with Gasteiger partial charge in [0.05, 0.1) is 18.4 Å². The fraction of sp³-hybridized carbons (Fsp3) is 0.250. The maximum atomic E-state index is 11.1. The Kier molecular flexibility index (Phi) is 2.81. The first kappa shape index (κ1) is 9.47. The summed E-state index contributed by atoms with van der Waals surface area (Å²) in [4.78, 5) is 15.0. The number of nitrogens with zero attached hydrogens (tertiary/aromatic N) is 1. The van der Waals surface area contributed by atoms with Crippen molar-refractivity contribution in [3.63, 3.8) is 0 Å². The van der Waals surface area contributed by atoms with Crippen molar-refractivity contribution in [3.05, 3.63) is 23.4 Å². The number of hydrogen-bond donors (Lipinski definition) is 2. The molecule has 0 bridgehead atoms. The maximum absolute atomic E-state index is 11.1. The van der Waals surface area contributed by atoms with E-state index in [1.54, 1.807) is 6.92 Å². The number of carbonyl (C=O) groups is 1. The molecule has 0 unspecified atom stereocenters. The molecule has 1 aromatic rings. The van der Waals surface area contributed by atoms with Gasteiger partial charge in [-0.3, -0.25) is 10.7 Å². The summed E-state index contributed by atoms with van der Waals surface area (Å²) >= 11 is 0. The summed E-state index contributed by atoms with van der Waals surface area (Å²) in [5.41, 5.74) is 2.78. The second-order valence-corrected chi connectivity index (χ2v) is 2.43. The smallest absolute Gasteiger partial charge is 0.339 e. The van der Waals surface area contributed by atoms with Gasteiger partial charge in [-0.25, -0.2) is 9.78 Å². The Morgan fingerprint density at radius 3 is 2.77 bits per heavy atom. The van der Waals surface area contributed by atoms with E-state index in [0.29, 0.717) is 17.1 Å². The number of hydrogen-bond acceptors (Lipinski definition) is 5. The lowest BCUT2D eigenvalue weighted by Gasteiger charge is -2.04. The average Bonchev–Trinajstić information content (AvgIpc) is 2.16.